The number of aryl methyl sites for hydroxylation is 1. The van der Waals surface area contributed by atoms with Gasteiger partial charge in [-0.2, -0.15) is 10.2 Å². The Hall–Kier alpha value is -1.86. The number of ether oxygens (including phenoxy) is 1. The van der Waals surface area contributed by atoms with Crippen LogP contribution in [0.15, 0.2) is 12.3 Å². The molecule has 2 aromatic rings. The molecule has 0 bridgehead atoms. The first-order chi connectivity index (χ1) is 11.2. The molecule has 3 rings (SSSR count). The van der Waals surface area contributed by atoms with Crippen molar-refractivity contribution in [2.24, 2.45) is 5.92 Å². The average Bonchev–Trinajstić information content (AvgIpc) is 3.11. The Morgan fingerprint density at radius 2 is 2.30 bits per heavy atom. The first-order valence-electron chi connectivity index (χ1n) is 8.17. The maximum atomic E-state index is 5.14. The van der Waals surface area contributed by atoms with Gasteiger partial charge in [-0.25, -0.2) is 4.68 Å². The Bertz CT molecular complexity index is 647. The van der Waals surface area contributed by atoms with Crippen LogP contribution in [0.25, 0.3) is 0 Å². The van der Waals surface area contributed by atoms with Crippen LogP contribution in [-0.4, -0.2) is 46.4 Å². The summed E-state index contributed by atoms with van der Waals surface area (Å²) in [7, 11) is 1.72. The molecule has 7 nitrogen and oxygen atoms in total. The van der Waals surface area contributed by atoms with Gasteiger partial charge in [0.15, 0.2) is 0 Å². The van der Waals surface area contributed by atoms with Crippen molar-refractivity contribution in [3.05, 3.63) is 29.2 Å². The van der Waals surface area contributed by atoms with Gasteiger partial charge in [0.1, 0.15) is 5.82 Å². The van der Waals surface area contributed by atoms with E-state index in [9.17, 15) is 0 Å². The van der Waals surface area contributed by atoms with Crippen molar-refractivity contribution in [2.75, 3.05) is 32.1 Å². The molecular weight excluding hydrogens is 292 g/mol. The first-order valence-corrected chi connectivity index (χ1v) is 8.17. The highest BCUT2D eigenvalue weighted by Crippen LogP contribution is 2.16. The van der Waals surface area contributed by atoms with Gasteiger partial charge in [-0.1, -0.05) is 0 Å². The fraction of sp³-hybridized carbons (Fsp3) is 0.625. The number of hydrogen-bond acceptors (Lipinski definition) is 5. The monoisotopic (exact) mass is 318 g/mol. The molecule has 0 saturated carbocycles. The zero-order chi connectivity index (χ0) is 16.2. The summed E-state index contributed by atoms with van der Waals surface area (Å²) in [6.45, 7) is 9.47. The highest BCUT2D eigenvalue weighted by atomic mass is 16.5. The van der Waals surface area contributed by atoms with Gasteiger partial charge >= 0.3 is 0 Å². The van der Waals surface area contributed by atoms with Crippen LogP contribution in [0, 0.1) is 19.8 Å². The van der Waals surface area contributed by atoms with Gasteiger partial charge in [-0.05, 0) is 13.8 Å². The van der Waals surface area contributed by atoms with E-state index in [4.69, 9.17) is 4.74 Å². The van der Waals surface area contributed by atoms with Crippen molar-refractivity contribution in [2.45, 2.75) is 33.5 Å². The molecule has 126 valence electrons. The van der Waals surface area contributed by atoms with Gasteiger partial charge in [0.05, 0.1) is 25.0 Å². The molecular formula is C16H26N6O. The van der Waals surface area contributed by atoms with Crippen LogP contribution >= 0.6 is 0 Å². The van der Waals surface area contributed by atoms with Crippen molar-refractivity contribution in [1.82, 2.24) is 24.9 Å². The molecule has 0 radical (unpaired) electrons. The Labute approximate surface area is 137 Å². The molecule has 2 N–H and O–H groups in total. The Balaban J connectivity index is 1.52. The first kappa shape index (κ1) is 16.0. The van der Waals surface area contributed by atoms with Crippen molar-refractivity contribution in [3.63, 3.8) is 0 Å². The second-order valence-corrected chi connectivity index (χ2v) is 6.14. The van der Waals surface area contributed by atoms with Crippen molar-refractivity contribution < 1.29 is 4.74 Å². The van der Waals surface area contributed by atoms with E-state index in [-0.39, 0.29) is 0 Å². The van der Waals surface area contributed by atoms with Gasteiger partial charge in [-0.3, -0.25) is 4.68 Å². The molecule has 0 saturated heterocycles. The molecule has 0 fully saturated rings. The minimum absolute atomic E-state index is 0.548. The lowest BCUT2D eigenvalue weighted by Crippen LogP contribution is -2.35. The molecule has 0 aliphatic carbocycles. The summed E-state index contributed by atoms with van der Waals surface area (Å²) in [5.41, 5.74) is 3.62. The predicted octanol–water partition coefficient (Wildman–Crippen LogP) is 1.17. The van der Waals surface area contributed by atoms with Crippen LogP contribution in [0.4, 0.5) is 5.82 Å². The van der Waals surface area contributed by atoms with E-state index in [1.165, 1.54) is 11.3 Å². The second-order valence-electron chi connectivity index (χ2n) is 6.14. The van der Waals surface area contributed by atoms with Crippen LogP contribution in [0.1, 0.15) is 17.0 Å². The van der Waals surface area contributed by atoms with E-state index in [1.54, 1.807) is 7.11 Å². The molecule has 0 amide bonds. The third-order valence-electron chi connectivity index (χ3n) is 4.49. The number of rotatable bonds is 7. The molecule has 1 aliphatic rings. The van der Waals surface area contributed by atoms with Crippen molar-refractivity contribution in [3.8, 4) is 0 Å². The fourth-order valence-electron chi connectivity index (χ4n) is 3.11. The average molecular weight is 318 g/mol. The number of fused-ring (bicyclic) bond motifs is 1. The number of nitrogens with zero attached hydrogens (tertiary/aromatic N) is 4. The van der Waals surface area contributed by atoms with Gasteiger partial charge in [0, 0.05) is 56.5 Å². The van der Waals surface area contributed by atoms with Gasteiger partial charge in [-0.15, -0.1) is 0 Å². The van der Waals surface area contributed by atoms with Crippen LogP contribution in [-0.2, 0) is 24.4 Å². The molecule has 3 heterocycles. The van der Waals surface area contributed by atoms with Gasteiger partial charge in [0.25, 0.3) is 0 Å². The van der Waals surface area contributed by atoms with Crippen LogP contribution in [0.5, 0.6) is 0 Å². The molecule has 2 aromatic heterocycles. The maximum absolute atomic E-state index is 5.14. The number of hydrogen-bond donors (Lipinski definition) is 2. The third-order valence-corrected chi connectivity index (χ3v) is 4.49. The van der Waals surface area contributed by atoms with E-state index in [0.29, 0.717) is 12.5 Å². The third kappa shape index (κ3) is 3.56. The highest BCUT2D eigenvalue weighted by molar-refractivity contribution is 5.35. The van der Waals surface area contributed by atoms with Crippen LogP contribution < -0.4 is 10.6 Å². The number of anilines is 1. The van der Waals surface area contributed by atoms with E-state index >= 15 is 0 Å². The number of aromatic nitrogens is 4. The van der Waals surface area contributed by atoms with E-state index in [1.807, 2.05) is 21.6 Å². The predicted molar refractivity (Wildman–Crippen MR) is 89.5 cm³/mol. The van der Waals surface area contributed by atoms with Gasteiger partial charge in [0.2, 0.25) is 0 Å². The summed E-state index contributed by atoms with van der Waals surface area (Å²) < 4.78 is 9.21. The number of nitrogens with one attached hydrogen (secondary N) is 2. The summed E-state index contributed by atoms with van der Waals surface area (Å²) >= 11 is 0. The zero-order valence-electron chi connectivity index (χ0n) is 14.2. The summed E-state index contributed by atoms with van der Waals surface area (Å²) in [6, 6.07) is 2.02. The quantitative estimate of drug-likeness (QED) is 0.802. The topological polar surface area (TPSA) is 68.9 Å². The molecule has 1 atom stereocenters. The molecule has 0 spiro atoms. The van der Waals surface area contributed by atoms with Crippen molar-refractivity contribution >= 4 is 5.82 Å². The van der Waals surface area contributed by atoms with E-state index < -0.39 is 0 Å². The molecule has 1 unspecified atom stereocenters. The molecule has 1 aliphatic heterocycles. The van der Waals surface area contributed by atoms with Gasteiger partial charge < -0.3 is 15.4 Å². The smallest absolute Gasteiger partial charge is 0.124 e. The zero-order valence-corrected chi connectivity index (χ0v) is 14.2. The van der Waals surface area contributed by atoms with Crippen LogP contribution in [0.3, 0.4) is 0 Å². The Kier molecular flexibility index (Phi) is 4.97. The maximum Gasteiger partial charge on any atom is 0.124 e. The van der Waals surface area contributed by atoms with E-state index in [0.717, 1.165) is 44.2 Å². The lowest BCUT2D eigenvalue weighted by atomic mass is 10.1. The normalized spacial score (nSPS) is 17.1. The standard InChI is InChI=1S/C16H26N6O/c1-12-15(13(2)21(20-12)6-7-23-3)10-17-8-14-9-18-16-4-5-19-22(16)11-14/h4-5,14,17-18H,6-11H2,1-3H3. The number of methoxy groups -OCH3 is 1. The summed E-state index contributed by atoms with van der Waals surface area (Å²) in [5.74, 6) is 1.67. The lowest BCUT2D eigenvalue weighted by molar-refractivity contribution is 0.182. The van der Waals surface area contributed by atoms with E-state index in [2.05, 4.69) is 34.7 Å². The fourth-order valence-corrected chi connectivity index (χ4v) is 3.11. The largest absolute Gasteiger partial charge is 0.383 e. The van der Waals surface area contributed by atoms with Crippen molar-refractivity contribution in [1.29, 1.82) is 0 Å². The second kappa shape index (κ2) is 7.14. The summed E-state index contributed by atoms with van der Waals surface area (Å²) in [5, 5.41) is 15.9. The molecule has 23 heavy (non-hydrogen) atoms. The Morgan fingerprint density at radius 3 is 3.13 bits per heavy atom. The lowest BCUT2D eigenvalue weighted by Gasteiger charge is -2.25. The summed E-state index contributed by atoms with van der Waals surface area (Å²) in [4.78, 5) is 0. The minimum atomic E-state index is 0.548. The summed E-state index contributed by atoms with van der Waals surface area (Å²) in [6.07, 6.45) is 1.85. The molecule has 7 heteroatoms. The SMILES string of the molecule is COCCn1nc(C)c(CNCC2CNc3ccnn3C2)c1C. The molecule has 0 aromatic carbocycles. The minimum Gasteiger partial charge on any atom is -0.383 e. The van der Waals surface area contributed by atoms with Crippen LogP contribution in [0.2, 0.25) is 0 Å². The Morgan fingerprint density at radius 1 is 1.43 bits per heavy atom. The highest BCUT2D eigenvalue weighted by Gasteiger charge is 2.18.